The molecule has 26 heavy (non-hydrogen) atoms. The second kappa shape index (κ2) is 6.99. The van der Waals surface area contributed by atoms with Crippen LogP contribution in [0.4, 0.5) is 17.1 Å². The molecule has 2 aromatic rings. The van der Waals surface area contributed by atoms with Gasteiger partial charge in [0.05, 0.1) is 17.0 Å². The van der Waals surface area contributed by atoms with E-state index in [1.54, 1.807) is 18.2 Å². The van der Waals surface area contributed by atoms with Gasteiger partial charge in [0.25, 0.3) is 10.0 Å². The molecule has 0 radical (unpaired) electrons. The topological polar surface area (TPSA) is 78.5 Å². The van der Waals surface area contributed by atoms with E-state index >= 15 is 0 Å². The van der Waals surface area contributed by atoms with Gasteiger partial charge in [-0.1, -0.05) is 0 Å². The normalized spacial score (nSPS) is 13.3. The summed E-state index contributed by atoms with van der Waals surface area (Å²) in [5.74, 6) is -0.120. The molecule has 1 aliphatic heterocycles. The first-order chi connectivity index (χ1) is 12.3. The minimum absolute atomic E-state index is 0.120. The highest BCUT2D eigenvalue weighted by Crippen LogP contribution is 2.28. The lowest BCUT2D eigenvalue weighted by atomic mass is 10.1. The highest BCUT2D eigenvalue weighted by Gasteiger charge is 2.22. The minimum Gasteiger partial charge on any atom is -0.372 e. The number of amides is 1. The lowest BCUT2D eigenvalue weighted by molar-refractivity contribution is -0.115. The molecular weight excluding hydrogens is 350 g/mol. The van der Waals surface area contributed by atoms with Gasteiger partial charge in [-0.2, -0.15) is 0 Å². The van der Waals surface area contributed by atoms with Crippen molar-refractivity contribution in [1.29, 1.82) is 0 Å². The van der Waals surface area contributed by atoms with Gasteiger partial charge >= 0.3 is 0 Å². The summed E-state index contributed by atoms with van der Waals surface area (Å²) >= 11 is 0. The van der Waals surface area contributed by atoms with Crippen molar-refractivity contribution in [1.82, 2.24) is 0 Å². The highest BCUT2D eigenvalue weighted by molar-refractivity contribution is 7.92. The number of sulfonamides is 1. The van der Waals surface area contributed by atoms with Crippen LogP contribution in [0.25, 0.3) is 0 Å². The monoisotopic (exact) mass is 373 g/mol. The average molecular weight is 373 g/mol. The summed E-state index contributed by atoms with van der Waals surface area (Å²) < 4.78 is 28.1. The number of hydrogen-bond acceptors (Lipinski definition) is 4. The largest absolute Gasteiger partial charge is 0.372 e. The van der Waals surface area contributed by atoms with E-state index in [2.05, 4.69) is 28.8 Å². The summed E-state index contributed by atoms with van der Waals surface area (Å²) in [5, 5.41) is 2.70. The minimum atomic E-state index is -3.72. The molecule has 1 amide bonds. The second-order valence-electron chi connectivity index (χ2n) is 6.32. The number of hydrogen-bond donors (Lipinski definition) is 2. The zero-order valence-corrected chi connectivity index (χ0v) is 16.0. The van der Waals surface area contributed by atoms with Gasteiger partial charge in [0.1, 0.15) is 0 Å². The van der Waals surface area contributed by atoms with Gasteiger partial charge in [0.15, 0.2) is 0 Å². The van der Waals surface area contributed by atoms with Gasteiger partial charge in [-0.05, 0) is 68.3 Å². The van der Waals surface area contributed by atoms with Gasteiger partial charge in [0, 0.05) is 24.5 Å². The SMILES string of the molecule is CCN(CC)c1ccc(NS(=O)(=O)c2ccc3c(c2)CC(=O)N3)c(C)c1. The molecule has 0 atom stereocenters. The first kappa shape index (κ1) is 18.3. The second-order valence-corrected chi connectivity index (χ2v) is 8.00. The van der Waals surface area contributed by atoms with E-state index in [0.29, 0.717) is 16.9 Å². The van der Waals surface area contributed by atoms with E-state index in [-0.39, 0.29) is 17.2 Å². The van der Waals surface area contributed by atoms with Crippen LogP contribution in [0.3, 0.4) is 0 Å². The third kappa shape index (κ3) is 3.53. The number of carbonyl (C=O) groups is 1. The van der Waals surface area contributed by atoms with Crippen LogP contribution < -0.4 is 14.9 Å². The summed E-state index contributed by atoms with van der Waals surface area (Å²) in [7, 11) is -3.72. The Morgan fingerprint density at radius 2 is 1.85 bits per heavy atom. The Balaban J connectivity index is 1.86. The lowest BCUT2D eigenvalue weighted by Crippen LogP contribution is -2.22. The number of rotatable bonds is 6. The van der Waals surface area contributed by atoms with Crippen LogP contribution >= 0.6 is 0 Å². The quantitative estimate of drug-likeness (QED) is 0.815. The van der Waals surface area contributed by atoms with Crippen LogP contribution in [0.15, 0.2) is 41.3 Å². The standard InChI is InChI=1S/C19H23N3O3S/c1-4-22(5-2)15-6-8-17(13(3)10-15)21-26(24,25)16-7-9-18-14(11-16)12-19(23)20-18/h6-11,21H,4-5,12H2,1-3H3,(H,20,23). The molecular formula is C19H23N3O3S. The highest BCUT2D eigenvalue weighted by atomic mass is 32.2. The van der Waals surface area contributed by atoms with E-state index < -0.39 is 10.0 Å². The zero-order chi connectivity index (χ0) is 18.9. The Morgan fingerprint density at radius 3 is 2.50 bits per heavy atom. The number of carbonyl (C=O) groups excluding carboxylic acids is 1. The van der Waals surface area contributed by atoms with Crippen molar-refractivity contribution in [2.24, 2.45) is 0 Å². The van der Waals surface area contributed by atoms with Crippen LogP contribution in [0.2, 0.25) is 0 Å². The molecule has 1 heterocycles. The zero-order valence-electron chi connectivity index (χ0n) is 15.2. The molecule has 138 valence electrons. The summed E-state index contributed by atoms with van der Waals surface area (Å²) in [4.78, 5) is 13.8. The van der Waals surface area contributed by atoms with Crippen molar-refractivity contribution in [3.8, 4) is 0 Å². The van der Waals surface area contributed by atoms with E-state index in [1.165, 1.54) is 6.07 Å². The first-order valence-corrected chi connectivity index (χ1v) is 10.1. The molecule has 0 fully saturated rings. The maximum Gasteiger partial charge on any atom is 0.261 e. The summed E-state index contributed by atoms with van der Waals surface area (Å²) in [6.45, 7) is 7.84. The Hall–Kier alpha value is -2.54. The fourth-order valence-corrected chi connectivity index (χ4v) is 4.31. The number of nitrogens with zero attached hydrogens (tertiary/aromatic N) is 1. The van der Waals surface area contributed by atoms with Gasteiger partial charge in [-0.15, -0.1) is 0 Å². The maximum absolute atomic E-state index is 12.7. The summed E-state index contributed by atoms with van der Waals surface area (Å²) in [5.41, 5.74) is 3.85. The third-order valence-electron chi connectivity index (χ3n) is 4.60. The van der Waals surface area contributed by atoms with Crippen LogP contribution in [0.5, 0.6) is 0 Å². The summed E-state index contributed by atoms with van der Waals surface area (Å²) in [6, 6.07) is 10.4. The van der Waals surface area contributed by atoms with Crippen molar-refractivity contribution < 1.29 is 13.2 Å². The number of aryl methyl sites for hydroxylation is 1. The molecule has 0 saturated carbocycles. The molecule has 2 aromatic carbocycles. The van der Waals surface area contributed by atoms with E-state index in [0.717, 1.165) is 24.3 Å². The Bertz CT molecular complexity index is 950. The van der Waals surface area contributed by atoms with Gasteiger partial charge in [0.2, 0.25) is 5.91 Å². The average Bonchev–Trinajstić information content (AvgIpc) is 2.97. The van der Waals surface area contributed by atoms with Crippen LogP contribution in [-0.2, 0) is 21.2 Å². The fraction of sp³-hybridized carbons (Fsp3) is 0.316. The van der Waals surface area contributed by atoms with Crippen molar-refractivity contribution in [3.05, 3.63) is 47.5 Å². The first-order valence-electron chi connectivity index (χ1n) is 8.65. The van der Waals surface area contributed by atoms with E-state index in [9.17, 15) is 13.2 Å². The molecule has 1 aliphatic rings. The lowest BCUT2D eigenvalue weighted by Gasteiger charge is -2.22. The molecule has 0 unspecified atom stereocenters. The molecule has 0 spiro atoms. The Kier molecular flexibility index (Phi) is 4.91. The molecule has 0 aliphatic carbocycles. The van der Waals surface area contributed by atoms with Gasteiger partial charge in [-0.3, -0.25) is 9.52 Å². The molecule has 7 heteroatoms. The van der Waals surface area contributed by atoms with Gasteiger partial charge in [-0.25, -0.2) is 8.42 Å². The third-order valence-corrected chi connectivity index (χ3v) is 5.96. The molecule has 0 aromatic heterocycles. The Labute approximate surface area is 154 Å². The van der Waals surface area contributed by atoms with Crippen molar-refractivity contribution >= 4 is 33.0 Å². The van der Waals surface area contributed by atoms with Crippen molar-refractivity contribution in [3.63, 3.8) is 0 Å². The predicted molar refractivity (Wildman–Crippen MR) is 104 cm³/mol. The number of anilines is 3. The van der Waals surface area contributed by atoms with Crippen LogP contribution in [0.1, 0.15) is 25.0 Å². The molecule has 2 N–H and O–H groups in total. The number of fused-ring (bicyclic) bond motifs is 1. The molecule has 0 saturated heterocycles. The summed E-state index contributed by atoms with van der Waals surface area (Å²) in [6.07, 6.45) is 0.205. The molecule has 3 rings (SSSR count). The number of nitrogens with one attached hydrogen (secondary N) is 2. The molecule has 0 bridgehead atoms. The smallest absolute Gasteiger partial charge is 0.261 e. The Morgan fingerprint density at radius 1 is 1.12 bits per heavy atom. The van der Waals surface area contributed by atoms with E-state index in [1.807, 2.05) is 19.1 Å². The predicted octanol–water partition coefficient (Wildman–Crippen LogP) is 3.14. The van der Waals surface area contributed by atoms with Crippen LogP contribution in [0, 0.1) is 6.92 Å². The van der Waals surface area contributed by atoms with E-state index in [4.69, 9.17) is 0 Å². The van der Waals surface area contributed by atoms with Crippen molar-refractivity contribution in [2.45, 2.75) is 32.1 Å². The van der Waals surface area contributed by atoms with Gasteiger partial charge < -0.3 is 10.2 Å². The maximum atomic E-state index is 12.7. The van der Waals surface area contributed by atoms with Crippen molar-refractivity contribution in [2.75, 3.05) is 28.0 Å². The number of benzene rings is 2. The fourth-order valence-electron chi connectivity index (χ4n) is 3.12. The van der Waals surface area contributed by atoms with Crippen LogP contribution in [-0.4, -0.2) is 27.4 Å². The molecule has 6 nitrogen and oxygen atoms in total.